The molecule has 28 heavy (non-hydrogen) atoms. The Balaban J connectivity index is 1.54. The van der Waals surface area contributed by atoms with Crippen molar-refractivity contribution in [2.24, 2.45) is 0 Å². The number of aryl methyl sites for hydroxylation is 1. The normalized spacial score (nSPS) is 10.5. The Morgan fingerprint density at radius 3 is 2.71 bits per heavy atom. The van der Waals surface area contributed by atoms with Crippen molar-refractivity contribution >= 4 is 28.1 Å². The fraction of sp³-hybridized carbons (Fsp3) is 0.211. The Bertz CT molecular complexity index is 975. The van der Waals surface area contributed by atoms with Gasteiger partial charge in [0.1, 0.15) is 10.8 Å². The maximum atomic E-state index is 12.4. The molecule has 144 valence electrons. The quantitative estimate of drug-likeness (QED) is 0.349. The van der Waals surface area contributed by atoms with Crippen LogP contribution in [0.5, 0.6) is 5.75 Å². The number of carbonyl (C=O) groups excluding carboxylic acids is 1. The van der Waals surface area contributed by atoms with Crippen molar-refractivity contribution in [1.82, 2.24) is 10.2 Å². The van der Waals surface area contributed by atoms with Gasteiger partial charge in [-0.1, -0.05) is 35.6 Å². The first-order chi connectivity index (χ1) is 13.5. The second kappa shape index (κ2) is 9.05. The first-order valence-corrected chi connectivity index (χ1v) is 9.42. The molecule has 0 aliphatic carbocycles. The van der Waals surface area contributed by atoms with Crippen LogP contribution in [-0.4, -0.2) is 27.6 Å². The molecule has 0 saturated carbocycles. The number of benzene rings is 2. The number of ether oxygens (including phenoxy) is 1. The number of nitrogens with zero attached hydrogens (tertiary/aromatic N) is 3. The van der Waals surface area contributed by atoms with E-state index in [1.54, 1.807) is 13.0 Å². The molecular weight excluding hydrogens is 380 g/mol. The number of nitrogens with one attached hydrogen (secondary N) is 1. The Morgan fingerprint density at radius 2 is 1.96 bits per heavy atom. The molecule has 9 heteroatoms. The fourth-order valence-electron chi connectivity index (χ4n) is 2.57. The van der Waals surface area contributed by atoms with Gasteiger partial charge in [0.15, 0.2) is 0 Å². The van der Waals surface area contributed by atoms with E-state index >= 15 is 0 Å². The van der Waals surface area contributed by atoms with Gasteiger partial charge in [-0.05, 0) is 31.5 Å². The second-order valence-corrected chi connectivity index (χ2v) is 6.99. The number of hydrogen-bond donors (Lipinski definition) is 1. The first kappa shape index (κ1) is 19.4. The number of aromatic nitrogens is 2. The average molecular weight is 398 g/mol. The van der Waals surface area contributed by atoms with Crippen molar-refractivity contribution in [3.05, 3.63) is 74.8 Å². The third-order valence-electron chi connectivity index (χ3n) is 3.98. The lowest BCUT2D eigenvalue weighted by molar-refractivity contribution is -0.385. The maximum absolute atomic E-state index is 12.4. The highest BCUT2D eigenvalue weighted by Crippen LogP contribution is 2.23. The number of anilines is 1. The topological polar surface area (TPSA) is 107 Å². The van der Waals surface area contributed by atoms with Gasteiger partial charge in [-0.3, -0.25) is 20.2 Å². The standard InChI is InChI=1S/C19H18N4O4S/c1-13-15(9-5-10-16(13)23(25)26)18(24)20-19-22-21-17(28-19)11-6-12-27-14-7-3-2-4-8-14/h2-5,7-10H,6,11-12H2,1H3,(H,20,22,24). The molecule has 1 N–H and O–H groups in total. The smallest absolute Gasteiger partial charge is 0.273 e. The number of rotatable bonds is 8. The molecule has 8 nitrogen and oxygen atoms in total. The Kier molecular flexibility index (Phi) is 6.28. The summed E-state index contributed by atoms with van der Waals surface area (Å²) in [4.78, 5) is 22.9. The number of hydrogen-bond acceptors (Lipinski definition) is 7. The van der Waals surface area contributed by atoms with Gasteiger partial charge in [-0.25, -0.2) is 0 Å². The Labute approximate surface area is 165 Å². The summed E-state index contributed by atoms with van der Waals surface area (Å²) in [6.07, 6.45) is 1.44. The maximum Gasteiger partial charge on any atom is 0.273 e. The van der Waals surface area contributed by atoms with Crippen LogP contribution >= 0.6 is 11.3 Å². The van der Waals surface area contributed by atoms with E-state index in [-0.39, 0.29) is 11.3 Å². The number of amides is 1. The summed E-state index contributed by atoms with van der Waals surface area (Å²) >= 11 is 1.27. The molecule has 3 aromatic rings. The third kappa shape index (κ3) is 4.89. The van der Waals surface area contributed by atoms with Gasteiger partial charge in [-0.15, -0.1) is 10.2 Å². The molecule has 2 aromatic carbocycles. The zero-order valence-corrected chi connectivity index (χ0v) is 15.9. The van der Waals surface area contributed by atoms with E-state index in [4.69, 9.17) is 4.74 Å². The SMILES string of the molecule is Cc1c(C(=O)Nc2nnc(CCCOc3ccccc3)s2)cccc1[N+](=O)[O-]. The van der Waals surface area contributed by atoms with Crippen molar-refractivity contribution in [2.75, 3.05) is 11.9 Å². The number of nitro groups is 1. The highest BCUT2D eigenvalue weighted by Gasteiger charge is 2.19. The molecule has 0 aliphatic rings. The zero-order chi connectivity index (χ0) is 19.9. The van der Waals surface area contributed by atoms with E-state index in [1.807, 2.05) is 30.3 Å². The molecule has 1 aromatic heterocycles. The minimum Gasteiger partial charge on any atom is -0.494 e. The summed E-state index contributed by atoms with van der Waals surface area (Å²) in [5.41, 5.74) is 0.457. The van der Waals surface area contributed by atoms with Crippen LogP contribution in [0.25, 0.3) is 0 Å². The summed E-state index contributed by atoms with van der Waals surface area (Å²) < 4.78 is 5.63. The Hall–Kier alpha value is -3.33. The number of nitro benzene ring substituents is 1. The van der Waals surface area contributed by atoms with Crippen LogP contribution in [0.1, 0.15) is 27.3 Å². The van der Waals surface area contributed by atoms with Gasteiger partial charge in [0, 0.05) is 23.6 Å². The monoisotopic (exact) mass is 398 g/mol. The van der Waals surface area contributed by atoms with Gasteiger partial charge in [0.2, 0.25) is 5.13 Å². The summed E-state index contributed by atoms with van der Waals surface area (Å²) in [5, 5.41) is 22.8. The van der Waals surface area contributed by atoms with Crippen LogP contribution in [0, 0.1) is 17.0 Å². The predicted molar refractivity (Wildman–Crippen MR) is 106 cm³/mol. The van der Waals surface area contributed by atoms with Gasteiger partial charge >= 0.3 is 0 Å². The van der Waals surface area contributed by atoms with E-state index in [0.29, 0.717) is 23.7 Å². The van der Waals surface area contributed by atoms with Crippen LogP contribution in [-0.2, 0) is 6.42 Å². The van der Waals surface area contributed by atoms with Crippen LogP contribution in [0.3, 0.4) is 0 Å². The largest absolute Gasteiger partial charge is 0.494 e. The summed E-state index contributed by atoms with van der Waals surface area (Å²) in [5.74, 6) is 0.372. The van der Waals surface area contributed by atoms with E-state index in [9.17, 15) is 14.9 Å². The van der Waals surface area contributed by atoms with Crippen LogP contribution in [0.4, 0.5) is 10.8 Å². The molecule has 0 saturated heterocycles. The van der Waals surface area contributed by atoms with Gasteiger partial charge in [0.05, 0.1) is 11.5 Å². The van der Waals surface area contributed by atoms with E-state index in [0.717, 1.165) is 17.2 Å². The molecule has 0 bridgehead atoms. The summed E-state index contributed by atoms with van der Waals surface area (Å²) in [6, 6.07) is 13.9. The molecule has 1 heterocycles. The van der Waals surface area contributed by atoms with Crippen molar-refractivity contribution in [3.63, 3.8) is 0 Å². The van der Waals surface area contributed by atoms with Crippen molar-refractivity contribution in [1.29, 1.82) is 0 Å². The third-order valence-corrected chi connectivity index (χ3v) is 4.88. The predicted octanol–water partition coefficient (Wildman–Crippen LogP) is 4.02. The lowest BCUT2D eigenvalue weighted by Crippen LogP contribution is -2.14. The second-order valence-electron chi connectivity index (χ2n) is 5.93. The van der Waals surface area contributed by atoms with Gasteiger partial charge in [0.25, 0.3) is 11.6 Å². The highest BCUT2D eigenvalue weighted by atomic mass is 32.1. The molecule has 0 fully saturated rings. The fourth-order valence-corrected chi connectivity index (χ4v) is 3.34. The molecule has 3 rings (SSSR count). The summed E-state index contributed by atoms with van der Waals surface area (Å²) in [7, 11) is 0. The molecule has 0 spiro atoms. The lowest BCUT2D eigenvalue weighted by Gasteiger charge is -2.05. The molecule has 0 aliphatic heterocycles. The number of carbonyl (C=O) groups is 1. The first-order valence-electron chi connectivity index (χ1n) is 8.60. The van der Waals surface area contributed by atoms with Crippen LogP contribution < -0.4 is 10.1 Å². The zero-order valence-electron chi connectivity index (χ0n) is 15.1. The molecule has 0 unspecified atom stereocenters. The molecular formula is C19H18N4O4S. The molecule has 0 radical (unpaired) electrons. The van der Waals surface area contributed by atoms with Gasteiger partial charge < -0.3 is 4.74 Å². The Morgan fingerprint density at radius 1 is 1.18 bits per heavy atom. The average Bonchev–Trinajstić information content (AvgIpc) is 3.13. The minimum absolute atomic E-state index is 0.0935. The van der Waals surface area contributed by atoms with E-state index in [2.05, 4.69) is 15.5 Å². The highest BCUT2D eigenvalue weighted by molar-refractivity contribution is 7.15. The van der Waals surface area contributed by atoms with Crippen molar-refractivity contribution in [2.45, 2.75) is 19.8 Å². The number of para-hydroxylation sites is 1. The van der Waals surface area contributed by atoms with Gasteiger partial charge in [-0.2, -0.15) is 0 Å². The van der Waals surface area contributed by atoms with Crippen molar-refractivity contribution in [3.8, 4) is 5.75 Å². The van der Waals surface area contributed by atoms with E-state index < -0.39 is 10.8 Å². The summed E-state index contributed by atoms with van der Waals surface area (Å²) in [6.45, 7) is 2.10. The van der Waals surface area contributed by atoms with Crippen molar-refractivity contribution < 1.29 is 14.5 Å². The lowest BCUT2D eigenvalue weighted by atomic mass is 10.1. The van der Waals surface area contributed by atoms with E-state index in [1.165, 1.54) is 23.5 Å². The van der Waals surface area contributed by atoms with Crippen LogP contribution in [0.15, 0.2) is 48.5 Å². The van der Waals surface area contributed by atoms with Crippen LogP contribution in [0.2, 0.25) is 0 Å². The molecule has 0 atom stereocenters. The molecule has 1 amide bonds. The minimum atomic E-state index is -0.507.